The summed E-state index contributed by atoms with van der Waals surface area (Å²) < 4.78 is 26.2. The van der Waals surface area contributed by atoms with E-state index in [1.807, 2.05) is 6.92 Å². The van der Waals surface area contributed by atoms with Crippen molar-refractivity contribution in [1.82, 2.24) is 0 Å². The molecule has 2 heterocycles. The highest BCUT2D eigenvalue weighted by Crippen LogP contribution is 2.71. The molecule has 6 nitrogen and oxygen atoms in total. The molecule has 6 rings (SSSR count). The third kappa shape index (κ3) is 4.32. The zero-order chi connectivity index (χ0) is 28.1. The van der Waals surface area contributed by atoms with Crippen molar-refractivity contribution in [2.24, 2.45) is 58.2 Å². The van der Waals surface area contributed by atoms with Gasteiger partial charge in [-0.2, -0.15) is 0 Å². The van der Waals surface area contributed by atoms with Gasteiger partial charge >= 0.3 is 0 Å². The minimum atomic E-state index is -0.524. The Hall–Kier alpha value is -0.240. The number of hydrogen-bond donors (Lipinski definition) is 2. The Labute approximate surface area is 236 Å². The molecular formula is C33H56O6. The van der Waals surface area contributed by atoms with E-state index < -0.39 is 23.8 Å². The van der Waals surface area contributed by atoms with E-state index in [2.05, 4.69) is 48.5 Å². The van der Waals surface area contributed by atoms with E-state index in [4.69, 9.17) is 18.9 Å². The zero-order valence-electron chi connectivity index (χ0n) is 25.8. The van der Waals surface area contributed by atoms with Gasteiger partial charge in [-0.25, -0.2) is 0 Å². The Kier molecular flexibility index (Phi) is 7.13. The van der Waals surface area contributed by atoms with Crippen molar-refractivity contribution in [2.45, 2.75) is 136 Å². The lowest BCUT2D eigenvalue weighted by Gasteiger charge is -2.65. The maximum atomic E-state index is 11.6. The molecular weight excluding hydrogens is 492 g/mol. The smallest absolute Gasteiger partial charge is 0.172 e. The second-order valence-corrected chi connectivity index (χ2v) is 15.9. The van der Waals surface area contributed by atoms with E-state index in [-0.39, 0.29) is 40.8 Å². The minimum Gasteiger partial charge on any atom is -0.393 e. The molecule has 0 aromatic heterocycles. The quantitative estimate of drug-likeness (QED) is 0.454. The molecule has 0 aromatic rings. The standard InChI is InChI=1S/C33H56O6/c1-18(2)28(20(4)34)29(35)19(3)22-9-10-23-21-16-33(36-13-14-37-33)27-15-25-26(39-30(5,6)38-25)17-32(27,8)24(21)11-12-31(22,23)7/h18-29,34-35H,9-17H2,1-8H3/t19-,20-,21-,22+,23-,24-,25-,26+,27-,28-,29+,31+,32+/m0/s1. The molecule has 4 saturated carbocycles. The fourth-order valence-corrected chi connectivity index (χ4v) is 11.8. The number of fused-ring (bicyclic) bond motifs is 7. The second kappa shape index (κ2) is 9.64. The molecule has 6 fully saturated rings. The Morgan fingerprint density at radius 2 is 1.41 bits per heavy atom. The summed E-state index contributed by atoms with van der Waals surface area (Å²) in [5.74, 6) is 1.88. The topological polar surface area (TPSA) is 77.4 Å². The Bertz CT molecular complexity index is 904. The molecule has 0 aromatic carbocycles. The van der Waals surface area contributed by atoms with E-state index >= 15 is 0 Å². The highest BCUT2D eigenvalue weighted by atomic mass is 16.8. The van der Waals surface area contributed by atoms with Crippen LogP contribution in [0.2, 0.25) is 0 Å². The van der Waals surface area contributed by atoms with Crippen LogP contribution in [-0.4, -0.2) is 59.4 Å². The first-order valence-corrected chi connectivity index (χ1v) is 16.2. The summed E-state index contributed by atoms with van der Waals surface area (Å²) in [7, 11) is 0. The van der Waals surface area contributed by atoms with Gasteiger partial charge in [0.2, 0.25) is 0 Å². The van der Waals surface area contributed by atoms with Crippen LogP contribution < -0.4 is 0 Å². The van der Waals surface area contributed by atoms with Gasteiger partial charge in [-0.05, 0) is 106 Å². The first-order valence-electron chi connectivity index (χ1n) is 16.2. The van der Waals surface area contributed by atoms with Gasteiger partial charge in [0.25, 0.3) is 0 Å². The molecule has 13 atom stereocenters. The summed E-state index contributed by atoms with van der Waals surface area (Å²) in [5.41, 5.74) is 0.286. The molecule has 39 heavy (non-hydrogen) atoms. The fraction of sp³-hybridized carbons (Fsp3) is 1.00. The maximum Gasteiger partial charge on any atom is 0.172 e. The lowest BCUT2D eigenvalue weighted by molar-refractivity contribution is -0.301. The Morgan fingerprint density at radius 3 is 2.05 bits per heavy atom. The van der Waals surface area contributed by atoms with Gasteiger partial charge in [-0.1, -0.05) is 34.6 Å². The summed E-state index contributed by atoms with van der Waals surface area (Å²) in [6, 6.07) is 0. The van der Waals surface area contributed by atoms with E-state index in [9.17, 15) is 10.2 Å². The highest BCUT2D eigenvalue weighted by molar-refractivity contribution is 5.16. The van der Waals surface area contributed by atoms with Crippen molar-refractivity contribution in [1.29, 1.82) is 0 Å². The van der Waals surface area contributed by atoms with E-state index in [1.165, 1.54) is 19.3 Å². The molecule has 2 aliphatic heterocycles. The summed E-state index contributed by atoms with van der Waals surface area (Å²) in [6.45, 7) is 18.9. The van der Waals surface area contributed by atoms with E-state index in [0.717, 1.165) is 25.7 Å². The van der Waals surface area contributed by atoms with Crippen LogP contribution in [0.1, 0.15) is 100 Å². The van der Waals surface area contributed by atoms with Crippen LogP contribution in [-0.2, 0) is 18.9 Å². The van der Waals surface area contributed by atoms with Crippen molar-refractivity contribution in [2.75, 3.05) is 13.2 Å². The summed E-state index contributed by atoms with van der Waals surface area (Å²) in [6.07, 6.45) is 7.08. The largest absolute Gasteiger partial charge is 0.393 e. The normalized spacial score (nSPS) is 49.2. The summed E-state index contributed by atoms with van der Waals surface area (Å²) in [5, 5.41) is 22.1. The van der Waals surface area contributed by atoms with Crippen LogP contribution in [0.5, 0.6) is 0 Å². The molecule has 1 spiro atoms. The van der Waals surface area contributed by atoms with Crippen molar-refractivity contribution in [3.63, 3.8) is 0 Å². The van der Waals surface area contributed by atoms with Gasteiger partial charge in [-0.3, -0.25) is 0 Å². The second-order valence-electron chi connectivity index (χ2n) is 15.9. The predicted molar refractivity (Wildman–Crippen MR) is 150 cm³/mol. The number of rotatable bonds is 5. The average molecular weight is 549 g/mol. The minimum absolute atomic E-state index is 0.0926. The SMILES string of the molecule is CC(C)[C@H]([C@H](O)[C@@H](C)[C@H]1CC[C@H]2[C@@H]3CC4(OCCO4)[C@H]4C[C@@H]5OC(C)(C)O[C@@H]5C[C@]4(C)[C@H]3CC[C@]12C)[C@H](C)O. The average Bonchev–Trinajstić information content (AvgIpc) is 3.51. The van der Waals surface area contributed by atoms with Gasteiger partial charge in [-0.15, -0.1) is 0 Å². The molecule has 2 N–H and O–H groups in total. The van der Waals surface area contributed by atoms with Crippen molar-refractivity contribution >= 4 is 0 Å². The molecule has 2 saturated heterocycles. The first kappa shape index (κ1) is 28.9. The molecule has 0 bridgehead atoms. The van der Waals surface area contributed by atoms with Gasteiger partial charge in [0.1, 0.15) is 0 Å². The molecule has 0 radical (unpaired) electrons. The number of ether oxygens (including phenoxy) is 4. The first-order chi connectivity index (χ1) is 18.2. The predicted octanol–water partition coefficient (Wildman–Crippen LogP) is 5.78. The lowest BCUT2D eigenvalue weighted by Crippen LogP contribution is -2.65. The van der Waals surface area contributed by atoms with Crippen LogP contribution >= 0.6 is 0 Å². The Morgan fingerprint density at radius 1 is 0.769 bits per heavy atom. The van der Waals surface area contributed by atoms with Crippen LogP contribution in [0.25, 0.3) is 0 Å². The summed E-state index contributed by atoms with van der Waals surface area (Å²) in [4.78, 5) is 0. The van der Waals surface area contributed by atoms with Crippen molar-refractivity contribution in [3.05, 3.63) is 0 Å². The van der Waals surface area contributed by atoms with Crippen LogP contribution in [0.15, 0.2) is 0 Å². The van der Waals surface area contributed by atoms with Crippen LogP contribution in [0.3, 0.4) is 0 Å². The molecule has 0 unspecified atom stereocenters. The Balaban J connectivity index is 1.30. The molecule has 224 valence electrons. The van der Waals surface area contributed by atoms with Gasteiger partial charge in [0, 0.05) is 18.3 Å². The third-order valence-corrected chi connectivity index (χ3v) is 13.3. The lowest BCUT2D eigenvalue weighted by atomic mass is 9.42. The monoisotopic (exact) mass is 548 g/mol. The summed E-state index contributed by atoms with van der Waals surface area (Å²) >= 11 is 0. The van der Waals surface area contributed by atoms with Crippen molar-refractivity contribution in [3.8, 4) is 0 Å². The number of aliphatic hydroxyl groups is 2. The highest BCUT2D eigenvalue weighted by Gasteiger charge is 2.70. The number of aliphatic hydroxyl groups excluding tert-OH is 2. The maximum absolute atomic E-state index is 11.6. The third-order valence-electron chi connectivity index (χ3n) is 13.3. The van der Waals surface area contributed by atoms with Gasteiger partial charge in [0.15, 0.2) is 11.6 Å². The van der Waals surface area contributed by atoms with Crippen LogP contribution in [0, 0.1) is 58.2 Å². The molecule has 4 aliphatic carbocycles. The molecule has 6 aliphatic rings. The van der Waals surface area contributed by atoms with Crippen LogP contribution in [0.4, 0.5) is 0 Å². The van der Waals surface area contributed by atoms with Gasteiger partial charge in [0.05, 0.1) is 37.6 Å². The van der Waals surface area contributed by atoms with E-state index in [0.29, 0.717) is 42.8 Å². The van der Waals surface area contributed by atoms with Gasteiger partial charge < -0.3 is 29.2 Å². The van der Waals surface area contributed by atoms with Crippen molar-refractivity contribution < 1.29 is 29.2 Å². The molecule has 0 amide bonds. The number of hydrogen-bond acceptors (Lipinski definition) is 6. The zero-order valence-corrected chi connectivity index (χ0v) is 25.8. The molecule has 6 heteroatoms. The van der Waals surface area contributed by atoms with E-state index in [1.54, 1.807) is 0 Å². The fourth-order valence-electron chi connectivity index (χ4n) is 11.8.